The first-order valence-electron chi connectivity index (χ1n) is 3.56. The van der Waals surface area contributed by atoms with Crippen molar-refractivity contribution in [3.63, 3.8) is 0 Å². The van der Waals surface area contributed by atoms with Crippen molar-refractivity contribution in [1.82, 2.24) is 0 Å². The number of aliphatic hydroxyl groups excluding tert-OH is 3. The molecule has 3 N–H and O–H groups in total. The van der Waals surface area contributed by atoms with E-state index in [1.165, 1.54) is 7.11 Å². The van der Waals surface area contributed by atoms with Gasteiger partial charge in [-0.25, -0.2) is 0 Å². The van der Waals surface area contributed by atoms with Crippen LogP contribution in [-0.4, -0.2) is 48.9 Å². The summed E-state index contributed by atoms with van der Waals surface area (Å²) < 4.78 is 4.77. The fourth-order valence-electron chi connectivity index (χ4n) is 0.706. The molecular formula is C7H16O4. The highest BCUT2D eigenvalue weighted by Gasteiger charge is 2.27. The van der Waals surface area contributed by atoms with Crippen LogP contribution in [0.1, 0.15) is 6.42 Å². The van der Waals surface area contributed by atoms with Crippen molar-refractivity contribution in [3.05, 3.63) is 0 Å². The fourth-order valence-corrected chi connectivity index (χ4v) is 0.706. The maximum atomic E-state index is 8.83. The lowest BCUT2D eigenvalue weighted by atomic mass is 9.88. The number of aliphatic hydroxyl groups is 3. The first-order valence-corrected chi connectivity index (χ1v) is 3.56. The van der Waals surface area contributed by atoms with Gasteiger partial charge in [0.2, 0.25) is 0 Å². The number of ether oxygens (including phenoxy) is 1. The summed E-state index contributed by atoms with van der Waals surface area (Å²) >= 11 is 0. The summed E-state index contributed by atoms with van der Waals surface area (Å²) in [5, 5.41) is 26.5. The number of hydrogen-bond acceptors (Lipinski definition) is 4. The molecule has 11 heavy (non-hydrogen) atoms. The Bertz CT molecular complexity index is 82.2. The molecule has 0 unspecified atom stereocenters. The summed E-state index contributed by atoms with van der Waals surface area (Å²) in [4.78, 5) is 0. The highest BCUT2D eigenvalue weighted by molar-refractivity contribution is 4.76. The zero-order valence-corrected chi connectivity index (χ0v) is 6.79. The lowest BCUT2D eigenvalue weighted by Crippen LogP contribution is -2.35. The Morgan fingerprint density at radius 1 is 1.09 bits per heavy atom. The average Bonchev–Trinajstić information content (AvgIpc) is 2.08. The second kappa shape index (κ2) is 5.49. The number of rotatable bonds is 6. The Hall–Kier alpha value is -0.160. The molecule has 4 heteroatoms. The predicted molar refractivity (Wildman–Crippen MR) is 40.2 cm³/mol. The average molecular weight is 164 g/mol. The summed E-state index contributed by atoms with van der Waals surface area (Å²) in [6.45, 7) is -0.224. The van der Waals surface area contributed by atoms with Crippen LogP contribution in [0.15, 0.2) is 0 Å². The third-order valence-electron chi connectivity index (χ3n) is 1.84. The lowest BCUT2D eigenvalue weighted by molar-refractivity contribution is -0.0157. The van der Waals surface area contributed by atoms with E-state index in [4.69, 9.17) is 20.1 Å². The van der Waals surface area contributed by atoms with Crippen molar-refractivity contribution in [2.24, 2.45) is 5.41 Å². The van der Waals surface area contributed by atoms with Gasteiger partial charge in [-0.3, -0.25) is 0 Å². The van der Waals surface area contributed by atoms with Gasteiger partial charge in [0.1, 0.15) is 0 Å². The Kier molecular flexibility index (Phi) is 5.41. The SMILES string of the molecule is COCCC(CO)(CO)CO. The van der Waals surface area contributed by atoms with Crippen molar-refractivity contribution in [1.29, 1.82) is 0 Å². The molecule has 0 radical (unpaired) electrons. The van der Waals surface area contributed by atoms with Crippen LogP contribution in [0.3, 0.4) is 0 Å². The van der Waals surface area contributed by atoms with Gasteiger partial charge in [0.15, 0.2) is 0 Å². The van der Waals surface area contributed by atoms with Crippen LogP contribution in [0.4, 0.5) is 0 Å². The molecule has 4 nitrogen and oxygen atoms in total. The molecule has 0 aromatic rings. The molecule has 0 aliphatic rings. The highest BCUT2D eigenvalue weighted by Crippen LogP contribution is 2.19. The predicted octanol–water partition coefficient (Wildman–Crippen LogP) is -1.01. The van der Waals surface area contributed by atoms with Crippen LogP contribution in [0, 0.1) is 5.41 Å². The topological polar surface area (TPSA) is 69.9 Å². The van der Waals surface area contributed by atoms with Crippen LogP contribution in [0.2, 0.25) is 0 Å². The van der Waals surface area contributed by atoms with Gasteiger partial charge in [0.25, 0.3) is 0 Å². The largest absolute Gasteiger partial charge is 0.396 e. The van der Waals surface area contributed by atoms with E-state index in [9.17, 15) is 0 Å². The summed E-state index contributed by atoms with van der Waals surface area (Å²) in [5.41, 5.74) is -0.782. The molecule has 0 aromatic heterocycles. The standard InChI is InChI=1S/C7H16O4/c1-11-3-2-7(4-8,5-9)6-10/h8-10H,2-6H2,1H3. The minimum Gasteiger partial charge on any atom is -0.396 e. The molecular weight excluding hydrogens is 148 g/mol. The van der Waals surface area contributed by atoms with Gasteiger partial charge >= 0.3 is 0 Å². The molecule has 68 valence electrons. The third kappa shape index (κ3) is 3.16. The van der Waals surface area contributed by atoms with Crippen molar-refractivity contribution >= 4 is 0 Å². The van der Waals surface area contributed by atoms with Crippen molar-refractivity contribution < 1.29 is 20.1 Å². The lowest BCUT2D eigenvalue weighted by Gasteiger charge is -2.26. The third-order valence-corrected chi connectivity index (χ3v) is 1.84. The minimum absolute atomic E-state index is 0.219. The van der Waals surface area contributed by atoms with Crippen LogP contribution in [0.5, 0.6) is 0 Å². The molecule has 0 heterocycles. The fraction of sp³-hybridized carbons (Fsp3) is 1.00. The first kappa shape index (κ1) is 10.8. The van der Waals surface area contributed by atoms with Crippen LogP contribution in [0.25, 0.3) is 0 Å². The van der Waals surface area contributed by atoms with E-state index in [2.05, 4.69) is 0 Å². The summed E-state index contributed by atoms with van der Waals surface area (Å²) in [6.07, 6.45) is 0.465. The maximum absolute atomic E-state index is 8.83. The van der Waals surface area contributed by atoms with Gasteiger partial charge in [-0.15, -0.1) is 0 Å². The molecule has 0 atom stereocenters. The molecule has 0 aromatic carbocycles. The van der Waals surface area contributed by atoms with E-state index in [0.717, 1.165) is 0 Å². The normalized spacial score (nSPS) is 12.0. The molecule has 0 aliphatic heterocycles. The van der Waals surface area contributed by atoms with Crippen molar-refractivity contribution in [2.75, 3.05) is 33.5 Å². The Morgan fingerprint density at radius 2 is 1.55 bits per heavy atom. The monoisotopic (exact) mass is 164 g/mol. The van der Waals surface area contributed by atoms with E-state index in [1.54, 1.807) is 0 Å². The molecule has 0 rings (SSSR count). The Balaban J connectivity index is 3.84. The highest BCUT2D eigenvalue weighted by atomic mass is 16.5. The zero-order valence-electron chi connectivity index (χ0n) is 6.79. The zero-order chi connectivity index (χ0) is 8.74. The van der Waals surface area contributed by atoms with Gasteiger partial charge in [0, 0.05) is 19.1 Å². The Morgan fingerprint density at radius 3 is 1.82 bits per heavy atom. The number of methoxy groups -OCH3 is 1. The summed E-state index contributed by atoms with van der Waals surface area (Å²) in [7, 11) is 1.54. The second-order valence-corrected chi connectivity index (χ2v) is 2.72. The summed E-state index contributed by atoms with van der Waals surface area (Å²) in [6, 6.07) is 0. The molecule has 0 saturated carbocycles. The minimum atomic E-state index is -0.782. The molecule has 0 spiro atoms. The van der Waals surface area contributed by atoms with E-state index in [-0.39, 0.29) is 19.8 Å². The first-order chi connectivity index (χ1) is 5.24. The van der Waals surface area contributed by atoms with E-state index in [1.807, 2.05) is 0 Å². The Labute approximate surface area is 66.4 Å². The van der Waals surface area contributed by atoms with Crippen molar-refractivity contribution in [3.8, 4) is 0 Å². The van der Waals surface area contributed by atoms with E-state index >= 15 is 0 Å². The van der Waals surface area contributed by atoms with Crippen LogP contribution < -0.4 is 0 Å². The molecule has 0 amide bonds. The van der Waals surface area contributed by atoms with Gasteiger partial charge in [-0.05, 0) is 6.42 Å². The van der Waals surface area contributed by atoms with Gasteiger partial charge in [0.05, 0.1) is 19.8 Å². The van der Waals surface area contributed by atoms with Crippen LogP contribution in [-0.2, 0) is 4.74 Å². The quantitative estimate of drug-likeness (QED) is 0.470. The van der Waals surface area contributed by atoms with Gasteiger partial charge < -0.3 is 20.1 Å². The van der Waals surface area contributed by atoms with Gasteiger partial charge in [-0.2, -0.15) is 0 Å². The van der Waals surface area contributed by atoms with Crippen LogP contribution >= 0.6 is 0 Å². The van der Waals surface area contributed by atoms with E-state index in [0.29, 0.717) is 13.0 Å². The summed E-state index contributed by atoms with van der Waals surface area (Å²) in [5.74, 6) is 0. The molecule has 0 bridgehead atoms. The number of hydrogen-bond donors (Lipinski definition) is 3. The molecule has 0 saturated heterocycles. The molecule has 0 fully saturated rings. The maximum Gasteiger partial charge on any atom is 0.0532 e. The second-order valence-electron chi connectivity index (χ2n) is 2.72. The van der Waals surface area contributed by atoms with E-state index < -0.39 is 5.41 Å². The molecule has 0 aliphatic carbocycles. The smallest absolute Gasteiger partial charge is 0.0532 e. The van der Waals surface area contributed by atoms with Gasteiger partial charge in [-0.1, -0.05) is 0 Å². The van der Waals surface area contributed by atoms with Crippen molar-refractivity contribution in [2.45, 2.75) is 6.42 Å².